The second-order valence-electron chi connectivity index (χ2n) is 5.60. The Bertz CT molecular complexity index is 725. The Balaban J connectivity index is 1.48. The van der Waals surface area contributed by atoms with Crippen LogP contribution in [0.2, 0.25) is 0 Å². The quantitative estimate of drug-likeness (QED) is 0.900. The van der Waals surface area contributed by atoms with Gasteiger partial charge in [0, 0.05) is 17.0 Å². The fraction of sp³-hybridized carbons (Fsp3) is 0.375. The fourth-order valence-corrected chi connectivity index (χ4v) is 3.56. The van der Waals surface area contributed by atoms with Crippen molar-refractivity contribution in [3.63, 3.8) is 0 Å². The van der Waals surface area contributed by atoms with Crippen molar-refractivity contribution < 1.29 is 14.3 Å². The lowest BCUT2D eigenvalue weighted by Gasteiger charge is -2.23. The first-order valence-corrected chi connectivity index (χ1v) is 8.55. The maximum Gasteiger partial charge on any atom is 0.270 e. The van der Waals surface area contributed by atoms with Crippen LogP contribution in [0.15, 0.2) is 23.6 Å². The summed E-state index contributed by atoms with van der Waals surface area (Å²) in [4.78, 5) is 16.8. The number of rotatable bonds is 3. The van der Waals surface area contributed by atoms with Crippen LogP contribution in [0.25, 0.3) is 10.6 Å². The maximum absolute atomic E-state index is 12.3. The molecule has 1 aromatic carbocycles. The van der Waals surface area contributed by atoms with Crippen molar-refractivity contribution in [1.29, 1.82) is 0 Å². The van der Waals surface area contributed by atoms with E-state index in [1.54, 1.807) is 5.38 Å². The monoisotopic (exact) mass is 331 g/mol. The first kappa shape index (κ1) is 14.5. The molecule has 3 heterocycles. The molecule has 1 saturated heterocycles. The van der Waals surface area contributed by atoms with Gasteiger partial charge in [-0.05, 0) is 44.1 Å². The molecule has 2 N–H and O–H groups in total. The summed E-state index contributed by atoms with van der Waals surface area (Å²) in [6.07, 6.45) is 1.93. The second-order valence-corrected chi connectivity index (χ2v) is 6.46. The molecule has 0 atom stereocenters. The Hall–Kier alpha value is -2.12. The number of ether oxygens (including phenoxy) is 2. The number of nitrogens with zero attached hydrogens (tertiary/aromatic N) is 1. The van der Waals surface area contributed by atoms with E-state index in [1.807, 2.05) is 18.2 Å². The van der Waals surface area contributed by atoms with E-state index in [0.717, 1.165) is 48.0 Å². The largest absolute Gasteiger partial charge is 0.454 e. The number of fused-ring (bicyclic) bond motifs is 1. The van der Waals surface area contributed by atoms with Crippen molar-refractivity contribution in [3.8, 4) is 22.1 Å². The van der Waals surface area contributed by atoms with Gasteiger partial charge in [0.15, 0.2) is 11.5 Å². The van der Waals surface area contributed by atoms with Crippen LogP contribution in [-0.2, 0) is 0 Å². The summed E-state index contributed by atoms with van der Waals surface area (Å²) in [6.45, 7) is 2.15. The van der Waals surface area contributed by atoms with Crippen LogP contribution < -0.4 is 20.1 Å². The summed E-state index contributed by atoms with van der Waals surface area (Å²) in [5, 5.41) is 8.96. The minimum atomic E-state index is -0.0971. The normalized spacial score (nSPS) is 17.2. The van der Waals surface area contributed by atoms with E-state index < -0.39 is 0 Å². The van der Waals surface area contributed by atoms with Crippen LogP contribution in [0.1, 0.15) is 23.3 Å². The highest BCUT2D eigenvalue weighted by atomic mass is 32.1. The Morgan fingerprint density at radius 3 is 2.96 bits per heavy atom. The van der Waals surface area contributed by atoms with Gasteiger partial charge in [0.2, 0.25) is 6.79 Å². The molecule has 2 aromatic rings. The SMILES string of the molecule is O=C(NC1CCNCC1)c1csc(-c2ccc3c(c2)OCO3)n1. The molecule has 1 aromatic heterocycles. The number of amides is 1. The van der Waals surface area contributed by atoms with Gasteiger partial charge in [0.05, 0.1) is 0 Å². The molecule has 0 radical (unpaired) electrons. The minimum absolute atomic E-state index is 0.0971. The van der Waals surface area contributed by atoms with Crippen LogP contribution in [-0.4, -0.2) is 36.8 Å². The lowest BCUT2D eigenvalue weighted by molar-refractivity contribution is 0.0925. The highest BCUT2D eigenvalue weighted by Crippen LogP contribution is 2.36. The molecule has 0 unspecified atom stereocenters. The minimum Gasteiger partial charge on any atom is -0.454 e. The molecule has 0 bridgehead atoms. The van der Waals surface area contributed by atoms with Gasteiger partial charge < -0.3 is 20.1 Å². The number of carbonyl (C=O) groups is 1. The number of thiazole rings is 1. The van der Waals surface area contributed by atoms with Crippen LogP contribution in [0.3, 0.4) is 0 Å². The predicted octanol–water partition coefficient (Wildman–Crippen LogP) is 2.02. The molecule has 0 spiro atoms. The van der Waals surface area contributed by atoms with Crippen molar-refractivity contribution in [1.82, 2.24) is 15.6 Å². The third kappa shape index (κ3) is 3.02. The zero-order chi connectivity index (χ0) is 15.6. The van der Waals surface area contributed by atoms with Gasteiger partial charge in [-0.3, -0.25) is 4.79 Å². The second kappa shape index (κ2) is 6.17. The van der Waals surface area contributed by atoms with Crippen LogP contribution in [0.4, 0.5) is 0 Å². The zero-order valence-corrected chi connectivity index (χ0v) is 13.3. The summed E-state index contributed by atoms with van der Waals surface area (Å²) in [5.41, 5.74) is 1.40. The van der Waals surface area contributed by atoms with Gasteiger partial charge in [-0.1, -0.05) is 0 Å². The number of carbonyl (C=O) groups excluding carboxylic acids is 1. The standard InChI is InChI=1S/C16H17N3O3S/c20-15(18-11-3-5-17-6-4-11)12-8-23-16(19-12)10-1-2-13-14(7-10)22-9-21-13/h1-2,7-8,11,17H,3-6,9H2,(H,18,20). The van der Waals surface area contributed by atoms with Crippen molar-refractivity contribution >= 4 is 17.2 Å². The molecule has 0 aliphatic carbocycles. The molecular formula is C16H17N3O3S. The number of piperidine rings is 1. The van der Waals surface area contributed by atoms with Gasteiger partial charge in [0.25, 0.3) is 5.91 Å². The summed E-state index contributed by atoms with van der Waals surface area (Å²) in [6, 6.07) is 5.93. The Morgan fingerprint density at radius 2 is 2.09 bits per heavy atom. The third-order valence-corrected chi connectivity index (χ3v) is 4.92. The smallest absolute Gasteiger partial charge is 0.270 e. The molecule has 2 aliphatic heterocycles. The summed E-state index contributed by atoms with van der Waals surface area (Å²) < 4.78 is 10.7. The van der Waals surface area contributed by atoms with Gasteiger partial charge in [0.1, 0.15) is 10.7 Å². The van der Waals surface area contributed by atoms with Gasteiger partial charge in [-0.25, -0.2) is 4.98 Å². The van der Waals surface area contributed by atoms with Crippen LogP contribution in [0.5, 0.6) is 11.5 Å². The van der Waals surface area contributed by atoms with E-state index in [4.69, 9.17) is 9.47 Å². The molecule has 2 aliphatic rings. The van der Waals surface area contributed by atoms with Crippen molar-refractivity contribution in [2.45, 2.75) is 18.9 Å². The van der Waals surface area contributed by atoms with Crippen molar-refractivity contribution in [3.05, 3.63) is 29.3 Å². The molecule has 1 fully saturated rings. The molecular weight excluding hydrogens is 314 g/mol. The molecule has 1 amide bonds. The van der Waals surface area contributed by atoms with E-state index >= 15 is 0 Å². The number of aromatic nitrogens is 1. The van der Waals surface area contributed by atoms with Gasteiger partial charge in [-0.15, -0.1) is 11.3 Å². The fourth-order valence-electron chi connectivity index (χ4n) is 2.77. The first-order valence-electron chi connectivity index (χ1n) is 7.67. The first-order chi connectivity index (χ1) is 11.3. The van der Waals surface area contributed by atoms with Crippen molar-refractivity contribution in [2.24, 2.45) is 0 Å². The lowest BCUT2D eigenvalue weighted by atomic mass is 10.1. The number of hydrogen-bond donors (Lipinski definition) is 2. The Labute approximate surface area is 137 Å². The summed E-state index contributed by atoms with van der Waals surface area (Å²) in [5.74, 6) is 1.37. The average Bonchev–Trinajstić information content (AvgIpc) is 3.24. The summed E-state index contributed by atoms with van der Waals surface area (Å²) in [7, 11) is 0. The molecule has 23 heavy (non-hydrogen) atoms. The molecule has 120 valence electrons. The van der Waals surface area contributed by atoms with Gasteiger partial charge >= 0.3 is 0 Å². The lowest BCUT2D eigenvalue weighted by Crippen LogP contribution is -2.42. The van der Waals surface area contributed by atoms with E-state index in [-0.39, 0.29) is 18.7 Å². The van der Waals surface area contributed by atoms with Crippen molar-refractivity contribution in [2.75, 3.05) is 19.9 Å². The number of nitrogens with one attached hydrogen (secondary N) is 2. The predicted molar refractivity (Wildman–Crippen MR) is 87.0 cm³/mol. The maximum atomic E-state index is 12.3. The number of benzene rings is 1. The highest BCUT2D eigenvalue weighted by Gasteiger charge is 2.19. The average molecular weight is 331 g/mol. The topological polar surface area (TPSA) is 72.5 Å². The zero-order valence-electron chi connectivity index (χ0n) is 12.5. The molecule has 6 nitrogen and oxygen atoms in total. The summed E-state index contributed by atoms with van der Waals surface area (Å²) >= 11 is 1.46. The molecule has 4 rings (SSSR count). The molecule has 7 heteroatoms. The van der Waals surface area contributed by atoms with E-state index in [0.29, 0.717) is 5.69 Å². The van der Waals surface area contributed by atoms with Crippen LogP contribution in [0, 0.1) is 0 Å². The van der Waals surface area contributed by atoms with E-state index in [9.17, 15) is 4.79 Å². The third-order valence-electron chi connectivity index (χ3n) is 4.03. The van der Waals surface area contributed by atoms with Crippen LogP contribution >= 0.6 is 11.3 Å². The van der Waals surface area contributed by atoms with E-state index in [2.05, 4.69) is 15.6 Å². The molecule has 0 saturated carbocycles. The number of hydrogen-bond acceptors (Lipinski definition) is 6. The highest BCUT2D eigenvalue weighted by molar-refractivity contribution is 7.13. The Morgan fingerprint density at radius 1 is 1.26 bits per heavy atom. The van der Waals surface area contributed by atoms with E-state index in [1.165, 1.54) is 11.3 Å². The Kier molecular flexibility index (Phi) is 3.88. The van der Waals surface area contributed by atoms with Gasteiger partial charge in [-0.2, -0.15) is 0 Å².